The fraction of sp³-hybridized carbons (Fsp3) is 0.273. The Balaban J connectivity index is 2.77. The van der Waals surface area contributed by atoms with Crippen molar-refractivity contribution in [2.45, 2.75) is 24.3 Å². The van der Waals surface area contributed by atoms with Crippen LogP contribution in [-0.2, 0) is 9.84 Å². The van der Waals surface area contributed by atoms with E-state index in [0.29, 0.717) is 16.2 Å². The van der Waals surface area contributed by atoms with Gasteiger partial charge in [-0.15, -0.1) is 0 Å². The predicted octanol–water partition coefficient (Wildman–Crippen LogP) is 2.24. The number of benzene rings is 1. The summed E-state index contributed by atoms with van der Waals surface area (Å²) in [7, 11) is -3.44. The van der Waals surface area contributed by atoms with Crippen molar-refractivity contribution in [3.8, 4) is 0 Å². The molecule has 0 spiro atoms. The molecule has 0 aromatic heterocycles. The molecule has 0 radical (unpaired) electrons. The molecule has 0 amide bonds. The smallest absolute Gasteiger partial charge is 0.200 e. The highest BCUT2D eigenvalue weighted by molar-refractivity contribution is 7.95. The maximum Gasteiger partial charge on any atom is 0.200 e. The van der Waals surface area contributed by atoms with Crippen LogP contribution in [0.15, 0.2) is 28.5 Å². The molecular weight excluding hydrogens is 248 g/mol. The lowest BCUT2D eigenvalue weighted by Gasteiger charge is -2.19. The fourth-order valence-electron chi connectivity index (χ4n) is 1.72. The van der Waals surface area contributed by atoms with Gasteiger partial charge in [0.2, 0.25) is 9.84 Å². The number of halogens is 1. The average molecular weight is 259 g/mol. The fourth-order valence-corrected chi connectivity index (χ4v) is 3.47. The first-order valence-electron chi connectivity index (χ1n) is 4.71. The van der Waals surface area contributed by atoms with Gasteiger partial charge in [0.25, 0.3) is 0 Å². The lowest BCUT2D eigenvalue weighted by Crippen LogP contribution is -2.19. The molecule has 0 bridgehead atoms. The van der Waals surface area contributed by atoms with E-state index in [9.17, 15) is 13.5 Å². The van der Waals surface area contributed by atoms with E-state index in [2.05, 4.69) is 0 Å². The summed E-state index contributed by atoms with van der Waals surface area (Å²) in [4.78, 5) is 0.203. The molecule has 86 valence electrons. The van der Waals surface area contributed by atoms with Crippen LogP contribution in [0.2, 0.25) is 5.02 Å². The first kappa shape index (κ1) is 11.6. The van der Waals surface area contributed by atoms with Crippen molar-refractivity contribution >= 4 is 27.0 Å². The Labute approximate surface area is 99.3 Å². The van der Waals surface area contributed by atoms with Crippen LogP contribution in [0.3, 0.4) is 0 Å². The molecule has 1 aromatic carbocycles. The van der Waals surface area contributed by atoms with Gasteiger partial charge in [0, 0.05) is 21.6 Å². The Kier molecular flexibility index (Phi) is 2.42. The number of hydrogen-bond donors (Lipinski definition) is 1. The third kappa shape index (κ3) is 1.77. The largest absolute Gasteiger partial charge is 0.386 e. The van der Waals surface area contributed by atoms with Crippen molar-refractivity contribution in [1.29, 1.82) is 0 Å². The van der Waals surface area contributed by atoms with Crippen LogP contribution in [0.25, 0.3) is 5.57 Å². The molecule has 3 nitrogen and oxygen atoms in total. The molecule has 0 aliphatic carbocycles. The van der Waals surface area contributed by atoms with Crippen LogP contribution < -0.4 is 0 Å². The minimum Gasteiger partial charge on any atom is -0.386 e. The molecule has 1 aromatic rings. The van der Waals surface area contributed by atoms with Crippen molar-refractivity contribution in [2.75, 3.05) is 0 Å². The molecular formula is C11H11ClO3S. The zero-order valence-corrected chi connectivity index (χ0v) is 10.4. The summed E-state index contributed by atoms with van der Waals surface area (Å²) in [5.41, 5.74) is -0.340. The Morgan fingerprint density at radius 2 is 1.94 bits per heavy atom. The molecule has 0 saturated carbocycles. The van der Waals surface area contributed by atoms with Crippen molar-refractivity contribution in [3.63, 3.8) is 0 Å². The molecule has 0 atom stereocenters. The topological polar surface area (TPSA) is 54.4 Å². The minimum atomic E-state index is -3.44. The molecule has 16 heavy (non-hydrogen) atoms. The summed E-state index contributed by atoms with van der Waals surface area (Å²) in [5.74, 6) is 0. The summed E-state index contributed by atoms with van der Waals surface area (Å²) in [6, 6.07) is 4.55. The highest BCUT2D eigenvalue weighted by Gasteiger charge is 2.34. The van der Waals surface area contributed by atoms with Crippen molar-refractivity contribution in [1.82, 2.24) is 0 Å². The monoisotopic (exact) mass is 258 g/mol. The van der Waals surface area contributed by atoms with Crippen molar-refractivity contribution in [3.05, 3.63) is 34.2 Å². The van der Waals surface area contributed by atoms with E-state index in [4.69, 9.17) is 11.6 Å². The van der Waals surface area contributed by atoms with E-state index in [0.717, 1.165) is 5.41 Å². The van der Waals surface area contributed by atoms with Gasteiger partial charge in [-0.1, -0.05) is 11.6 Å². The second-order valence-electron chi connectivity index (χ2n) is 4.28. The number of aliphatic hydroxyl groups is 1. The summed E-state index contributed by atoms with van der Waals surface area (Å²) in [5, 5.41) is 11.5. The summed E-state index contributed by atoms with van der Waals surface area (Å²) >= 11 is 5.83. The second-order valence-corrected chi connectivity index (χ2v) is 6.48. The van der Waals surface area contributed by atoms with E-state index >= 15 is 0 Å². The van der Waals surface area contributed by atoms with Crippen LogP contribution in [0, 0.1) is 0 Å². The van der Waals surface area contributed by atoms with E-state index in [1.54, 1.807) is 19.9 Å². The molecule has 0 saturated heterocycles. The molecule has 1 aliphatic rings. The SMILES string of the molecule is CC(C)(O)C1=CS(=O)(=O)c2ccc(Cl)cc21. The number of fused-ring (bicyclic) bond motifs is 1. The van der Waals surface area contributed by atoms with Crippen LogP contribution in [-0.4, -0.2) is 19.1 Å². The number of sulfone groups is 1. The highest BCUT2D eigenvalue weighted by Crippen LogP contribution is 2.40. The van der Waals surface area contributed by atoms with Crippen LogP contribution >= 0.6 is 11.6 Å². The maximum absolute atomic E-state index is 11.8. The highest BCUT2D eigenvalue weighted by atomic mass is 35.5. The van der Waals surface area contributed by atoms with Gasteiger partial charge in [0.05, 0.1) is 10.5 Å². The quantitative estimate of drug-likeness (QED) is 0.841. The third-order valence-corrected chi connectivity index (χ3v) is 4.22. The molecule has 2 rings (SSSR count). The third-order valence-electron chi connectivity index (χ3n) is 2.47. The summed E-state index contributed by atoms with van der Waals surface area (Å²) in [6.07, 6.45) is 0. The van der Waals surface area contributed by atoms with Crippen LogP contribution in [0.1, 0.15) is 19.4 Å². The van der Waals surface area contributed by atoms with Crippen molar-refractivity contribution < 1.29 is 13.5 Å². The van der Waals surface area contributed by atoms with Gasteiger partial charge < -0.3 is 5.11 Å². The average Bonchev–Trinajstić information content (AvgIpc) is 2.37. The second kappa shape index (κ2) is 3.32. The molecule has 5 heteroatoms. The number of rotatable bonds is 1. The molecule has 1 aliphatic heterocycles. The molecule has 1 heterocycles. The van der Waals surface area contributed by atoms with Gasteiger partial charge in [0.15, 0.2) is 0 Å². The van der Waals surface area contributed by atoms with Crippen molar-refractivity contribution in [2.24, 2.45) is 0 Å². The van der Waals surface area contributed by atoms with Gasteiger partial charge in [-0.2, -0.15) is 0 Å². The standard InChI is InChI=1S/C11H11ClO3S/c1-11(2,13)9-6-16(14,15)10-4-3-7(12)5-8(9)10/h3-6,13H,1-2H3. The summed E-state index contributed by atoms with van der Waals surface area (Å²) in [6.45, 7) is 3.09. The van der Waals surface area contributed by atoms with Gasteiger partial charge in [-0.05, 0) is 32.0 Å². The first-order valence-corrected chi connectivity index (χ1v) is 6.64. The maximum atomic E-state index is 11.8. The molecule has 0 unspecified atom stereocenters. The van der Waals surface area contributed by atoms with Gasteiger partial charge >= 0.3 is 0 Å². The van der Waals surface area contributed by atoms with Gasteiger partial charge in [-0.25, -0.2) is 8.42 Å². The van der Waals surface area contributed by atoms with E-state index in [1.165, 1.54) is 12.1 Å². The van der Waals surface area contributed by atoms with Crippen LogP contribution in [0.5, 0.6) is 0 Å². The molecule has 0 fully saturated rings. The normalized spacial score (nSPS) is 18.1. The first-order chi connectivity index (χ1) is 7.22. The number of hydrogen-bond acceptors (Lipinski definition) is 3. The minimum absolute atomic E-state index is 0.203. The van der Waals surface area contributed by atoms with Crippen LogP contribution in [0.4, 0.5) is 0 Å². The lowest BCUT2D eigenvalue weighted by atomic mass is 9.93. The summed E-state index contributed by atoms with van der Waals surface area (Å²) < 4.78 is 23.6. The predicted molar refractivity (Wildman–Crippen MR) is 62.9 cm³/mol. The zero-order valence-electron chi connectivity index (χ0n) is 8.86. The Hall–Kier alpha value is -0.840. The zero-order chi connectivity index (χ0) is 12.1. The Morgan fingerprint density at radius 1 is 1.31 bits per heavy atom. The van der Waals surface area contributed by atoms with E-state index in [1.807, 2.05) is 0 Å². The van der Waals surface area contributed by atoms with Gasteiger partial charge in [-0.3, -0.25) is 0 Å². The Bertz CT molecular complexity index is 580. The Morgan fingerprint density at radius 3 is 2.50 bits per heavy atom. The van der Waals surface area contributed by atoms with E-state index in [-0.39, 0.29) is 4.90 Å². The lowest BCUT2D eigenvalue weighted by molar-refractivity contribution is 0.144. The van der Waals surface area contributed by atoms with E-state index < -0.39 is 15.4 Å². The molecule has 1 N–H and O–H groups in total. The van der Waals surface area contributed by atoms with Gasteiger partial charge in [0.1, 0.15) is 0 Å².